The molecule has 1 aromatic rings. The summed E-state index contributed by atoms with van der Waals surface area (Å²) in [5.41, 5.74) is 3.87. The van der Waals surface area contributed by atoms with Gasteiger partial charge >= 0.3 is 0 Å². The molecule has 0 unspecified atom stereocenters. The zero-order chi connectivity index (χ0) is 14.9. The number of benzene rings is 1. The Hall–Kier alpha value is -1.35. The van der Waals surface area contributed by atoms with E-state index in [2.05, 4.69) is 30.1 Å². The number of nitrogens with zero attached hydrogens (tertiary/aromatic N) is 1. The van der Waals surface area contributed by atoms with Crippen molar-refractivity contribution in [2.75, 3.05) is 19.6 Å². The molecule has 21 heavy (non-hydrogen) atoms. The predicted molar refractivity (Wildman–Crippen MR) is 85.4 cm³/mol. The largest absolute Gasteiger partial charge is 0.339 e. The SMILES string of the molecule is CC1(C)CCCN(C(=O)c2cccc3c2CCNC3)CC1. The van der Waals surface area contributed by atoms with E-state index in [1.54, 1.807) is 0 Å². The van der Waals surface area contributed by atoms with Crippen LogP contribution in [0.25, 0.3) is 0 Å². The van der Waals surface area contributed by atoms with E-state index < -0.39 is 0 Å². The fourth-order valence-electron chi connectivity index (χ4n) is 3.53. The number of rotatable bonds is 1. The average Bonchev–Trinajstić information content (AvgIpc) is 2.67. The first-order chi connectivity index (χ1) is 10.1. The van der Waals surface area contributed by atoms with Gasteiger partial charge < -0.3 is 10.2 Å². The Morgan fingerprint density at radius 3 is 2.95 bits per heavy atom. The Morgan fingerprint density at radius 2 is 2.10 bits per heavy atom. The van der Waals surface area contributed by atoms with Crippen molar-refractivity contribution in [2.45, 2.75) is 46.1 Å². The van der Waals surface area contributed by atoms with E-state index >= 15 is 0 Å². The lowest BCUT2D eigenvalue weighted by Crippen LogP contribution is -2.34. The van der Waals surface area contributed by atoms with Crippen LogP contribution in [0.15, 0.2) is 18.2 Å². The second-order valence-corrected chi connectivity index (χ2v) is 7.18. The third kappa shape index (κ3) is 3.13. The molecule has 2 heterocycles. The molecule has 0 aliphatic carbocycles. The Balaban J connectivity index is 1.82. The van der Waals surface area contributed by atoms with Gasteiger partial charge in [0.1, 0.15) is 0 Å². The quantitative estimate of drug-likeness (QED) is 0.861. The molecule has 2 aliphatic rings. The van der Waals surface area contributed by atoms with Crippen molar-refractivity contribution < 1.29 is 4.79 Å². The van der Waals surface area contributed by atoms with E-state index in [4.69, 9.17) is 0 Å². The van der Waals surface area contributed by atoms with E-state index in [1.165, 1.54) is 17.5 Å². The maximum absolute atomic E-state index is 12.9. The van der Waals surface area contributed by atoms with Gasteiger partial charge in [0, 0.05) is 25.2 Å². The van der Waals surface area contributed by atoms with Crippen LogP contribution < -0.4 is 5.32 Å². The summed E-state index contributed by atoms with van der Waals surface area (Å²) in [6.07, 6.45) is 4.41. The molecular formula is C18H26N2O. The molecule has 0 saturated carbocycles. The lowest BCUT2D eigenvalue weighted by atomic mass is 9.85. The second-order valence-electron chi connectivity index (χ2n) is 7.18. The molecule has 0 atom stereocenters. The number of nitrogens with one attached hydrogen (secondary N) is 1. The smallest absolute Gasteiger partial charge is 0.254 e. The van der Waals surface area contributed by atoms with Gasteiger partial charge in [-0.3, -0.25) is 4.79 Å². The van der Waals surface area contributed by atoms with Gasteiger partial charge in [-0.2, -0.15) is 0 Å². The molecule has 0 radical (unpaired) electrons. The van der Waals surface area contributed by atoms with Crippen molar-refractivity contribution in [1.82, 2.24) is 10.2 Å². The highest BCUT2D eigenvalue weighted by Gasteiger charge is 2.27. The number of carbonyl (C=O) groups excluding carboxylic acids is 1. The van der Waals surface area contributed by atoms with Gasteiger partial charge in [0.25, 0.3) is 5.91 Å². The molecule has 3 heteroatoms. The average molecular weight is 286 g/mol. The van der Waals surface area contributed by atoms with Crippen LogP contribution in [0.4, 0.5) is 0 Å². The predicted octanol–water partition coefficient (Wildman–Crippen LogP) is 2.98. The van der Waals surface area contributed by atoms with Crippen LogP contribution in [-0.4, -0.2) is 30.4 Å². The molecule has 1 saturated heterocycles. The summed E-state index contributed by atoms with van der Waals surface area (Å²) in [7, 11) is 0. The van der Waals surface area contributed by atoms with Crippen LogP contribution in [0.5, 0.6) is 0 Å². The van der Waals surface area contributed by atoms with Crippen LogP contribution in [0.3, 0.4) is 0 Å². The van der Waals surface area contributed by atoms with Crippen molar-refractivity contribution in [3.05, 3.63) is 34.9 Å². The zero-order valence-electron chi connectivity index (χ0n) is 13.2. The van der Waals surface area contributed by atoms with Crippen molar-refractivity contribution in [3.63, 3.8) is 0 Å². The van der Waals surface area contributed by atoms with E-state index in [0.29, 0.717) is 5.41 Å². The summed E-state index contributed by atoms with van der Waals surface area (Å²) >= 11 is 0. The monoisotopic (exact) mass is 286 g/mol. The van der Waals surface area contributed by atoms with Crippen molar-refractivity contribution in [2.24, 2.45) is 5.41 Å². The molecule has 0 aromatic heterocycles. The van der Waals surface area contributed by atoms with Crippen LogP contribution >= 0.6 is 0 Å². The number of hydrogen-bond donors (Lipinski definition) is 1. The molecule has 1 N–H and O–H groups in total. The van der Waals surface area contributed by atoms with Gasteiger partial charge in [0.2, 0.25) is 0 Å². The van der Waals surface area contributed by atoms with E-state index in [-0.39, 0.29) is 5.91 Å². The minimum absolute atomic E-state index is 0.242. The second kappa shape index (κ2) is 5.80. The number of amides is 1. The maximum Gasteiger partial charge on any atom is 0.254 e. The lowest BCUT2D eigenvalue weighted by molar-refractivity contribution is 0.0756. The van der Waals surface area contributed by atoms with Crippen molar-refractivity contribution in [3.8, 4) is 0 Å². The molecular weight excluding hydrogens is 260 g/mol. The molecule has 1 amide bonds. The summed E-state index contributed by atoms with van der Waals surface area (Å²) in [6, 6.07) is 6.19. The van der Waals surface area contributed by atoms with Gasteiger partial charge in [0.15, 0.2) is 0 Å². The first-order valence-electron chi connectivity index (χ1n) is 8.18. The fraction of sp³-hybridized carbons (Fsp3) is 0.611. The molecule has 0 bridgehead atoms. The minimum Gasteiger partial charge on any atom is -0.339 e. The Labute approximate surface area is 127 Å². The van der Waals surface area contributed by atoms with Crippen LogP contribution in [0.2, 0.25) is 0 Å². The van der Waals surface area contributed by atoms with Gasteiger partial charge in [-0.05, 0) is 54.8 Å². The number of fused-ring (bicyclic) bond motifs is 1. The maximum atomic E-state index is 12.9. The fourth-order valence-corrected chi connectivity index (χ4v) is 3.53. The Morgan fingerprint density at radius 1 is 1.24 bits per heavy atom. The number of hydrogen-bond acceptors (Lipinski definition) is 2. The molecule has 1 fully saturated rings. The highest BCUT2D eigenvalue weighted by Crippen LogP contribution is 2.30. The topological polar surface area (TPSA) is 32.3 Å². The third-order valence-electron chi connectivity index (χ3n) is 5.00. The molecule has 3 nitrogen and oxygen atoms in total. The van der Waals surface area contributed by atoms with Crippen LogP contribution in [0.1, 0.15) is 54.6 Å². The third-order valence-corrected chi connectivity index (χ3v) is 5.00. The summed E-state index contributed by atoms with van der Waals surface area (Å²) in [5.74, 6) is 0.242. The van der Waals surface area contributed by atoms with Gasteiger partial charge in [-0.15, -0.1) is 0 Å². The molecule has 3 rings (SSSR count). The highest BCUT2D eigenvalue weighted by atomic mass is 16.2. The van der Waals surface area contributed by atoms with Crippen molar-refractivity contribution in [1.29, 1.82) is 0 Å². The summed E-state index contributed by atoms with van der Waals surface area (Å²) in [5, 5.41) is 3.38. The van der Waals surface area contributed by atoms with Crippen molar-refractivity contribution >= 4 is 5.91 Å². The van der Waals surface area contributed by atoms with E-state index in [1.807, 2.05) is 12.1 Å². The molecule has 1 aromatic carbocycles. The normalized spacial score (nSPS) is 21.5. The first kappa shape index (κ1) is 14.6. The zero-order valence-corrected chi connectivity index (χ0v) is 13.2. The van der Waals surface area contributed by atoms with Gasteiger partial charge in [-0.25, -0.2) is 0 Å². The van der Waals surface area contributed by atoms with Crippen LogP contribution in [0, 0.1) is 5.41 Å². The molecule has 0 spiro atoms. The number of carbonyl (C=O) groups is 1. The minimum atomic E-state index is 0.242. The summed E-state index contributed by atoms with van der Waals surface area (Å²) < 4.78 is 0. The Kier molecular flexibility index (Phi) is 4.03. The van der Waals surface area contributed by atoms with Gasteiger partial charge in [-0.1, -0.05) is 26.0 Å². The molecule has 114 valence electrons. The first-order valence-corrected chi connectivity index (χ1v) is 8.18. The number of likely N-dealkylation sites (tertiary alicyclic amines) is 1. The standard InChI is InChI=1S/C18H26N2O/c1-18(2)8-4-11-20(12-9-18)17(21)16-6-3-5-14-13-19-10-7-15(14)16/h3,5-6,19H,4,7-13H2,1-2H3. The molecule has 2 aliphatic heterocycles. The lowest BCUT2D eigenvalue weighted by Gasteiger charge is -2.26. The highest BCUT2D eigenvalue weighted by molar-refractivity contribution is 5.96. The summed E-state index contributed by atoms with van der Waals surface area (Å²) in [4.78, 5) is 15.0. The summed E-state index contributed by atoms with van der Waals surface area (Å²) in [6.45, 7) is 8.31. The van der Waals surface area contributed by atoms with E-state index in [0.717, 1.165) is 51.0 Å². The van der Waals surface area contributed by atoms with E-state index in [9.17, 15) is 4.79 Å². The Bertz CT molecular complexity index is 536. The van der Waals surface area contributed by atoms with Crippen LogP contribution in [-0.2, 0) is 13.0 Å². The van der Waals surface area contributed by atoms with Gasteiger partial charge in [0.05, 0.1) is 0 Å².